The van der Waals surface area contributed by atoms with Crippen LogP contribution in [0.15, 0.2) is 22.7 Å². The molecule has 3 heteroatoms. The molecule has 0 saturated heterocycles. The van der Waals surface area contributed by atoms with Gasteiger partial charge in [-0.05, 0) is 53.2 Å². The highest BCUT2D eigenvalue weighted by molar-refractivity contribution is 9.10. The van der Waals surface area contributed by atoms with Crippen molar-refractivity contribution in [1.82, 2.24) is 0 Å². The van der Waals surface area contributed by atoms with Crippen molar-refractivity contribution in [2.24, 2.45) is 5.92 Å². The lowest BCUT2D eigenvalue weighted by atomic mass is 9.80. The van der Waals surface area contributed by atoms with E-state index in [0.717, 1.165) is 21.8 Å². The van der Waals surface area contributed by atoms with E-state index in [2.05, 4.69) is 40.3 Å². The Kier molecular flexibility index (Phi) is 3.51. The van der Waals surface area contributed by atoms with E-state index in [4.69, 9.17) is 4.74 Å². The van der Waals surface area contributed by atoms with Crippen LogP contribution in [0.3, 0.4) is 0 Å². The quantitative estimate of drug-likeness (QED) is 0.862. The largest absolute Gasteiger partial charge is 0.485 e. The van der Waals surface area contributed by atoms with Gasteiger partial charge in [0.2, 0.25) is 0 Å². The molecule has 0 radical (unpaired) electrons. The third-order valence-electron chi connectivity index (χ3n) is 4.17. The van der Waals surface area contributed by atoms with Crippen LogP contribution >= 0.6 is 15.9 Å². The lowest BCUT2D eigenvalue weighted by molar-refractivity contribution is 0.104. The zero-order chi connectivity index (χ0) is 12.5. The van der Waals surface area contributed by atoms with Gasteiger partial charge in [0.05, 0.1) is 16.2 Å². The molecule has 1 aliphatic heterocycles. The summed E-state index contributed by atoms with van der Waals surface area (Å²) in [6.45, 7) is 2.28. The smallest absolute Gasteiger partial charge is 0.157 e. The minimum Gasteiger partial charge on any atom is -0.485 e. The maximum Gasteiger partial charge on any atom is 0.157 e. The maximum absolute atomic E-state index is 6.18. The molecule has 3 atom stereocenters. The van der Waals surface area contributed by atoms with Crippen LogP contribution in [-0.4, -0.2) is 12.1 Å². The van der Waals surface area contributed by atoms with Gasteiger partial charge in [0, 0.05) is 0 Å². The molecule has 2 aliphatic rings. The number of ether oxygens (including phenoxy) is 1. The highest BCUT2D eigenvalue weighted by Gasteiger charge is 2.35. The fraction of sp³-hybridized carbons (Fsp3) is 0.600. The second-order valence-electron chi connectivity index (χ2n) is 5.49. The molecule has 0 bridgehead atoms. The lowest BCUT2D eigenvalue weighted by Gasteiger charge is -2.41. The molecule has 1 saturated carbocycles. The number of hydrogen-bond donors (Lipinski definition) is 1. The Labute approximate surface area is 117 Å². The Morgan fingerprint density at radius 3 is 3.11 bits per heavy atom. The van der Waals surface area contributed by atoms with E-state index in [-0.39, 0.29) is 0 Å². The average Bonchev–Trinajstić information content (AvgIpc) is 2.38. The molecule has 1 N–H and O–H groups in total. The number of para-hydroxylation sites is 1. The summed E-state index contributed by atoms with van der Waals surface area (Å²) in [5.41, 5.74) is 1.14. The minimum atomic E-state index is 0.351. The van der Waals surface area contributed by atoms with Crippen LogP contribution in [0.1, 0.15) is 39.0 Å². The van der Waals surface area contributed by atoms with Gasteiger partial charge >= 0.3 is 0 Å². The Hall–Kier alpha value is -0.700. The van der Waals surface area contributed by atoms with Gasteiger partial charge in [-0.1, -0.05) is 25.8 Å². The highest BCUT2D eigenvalue weighted by Crippen LogP contribution is 2.42. The maximum atomic E-state index is 6.18. The third-order valence-corrected chi connectivity index (χ3v) is 4.79. The minimum absolute atomic E-state index is 0.351. The monoisotopic (exact) mass is 309 g/mol. The number of benzene rings is 1. The molecular weight excluding hydrogens is 290 g/mol. The molecule has 0 aromatic heterocycles. The van der Waals surface area contributed by atoms with E-state index in [1.165, 1.54) is 32.1 Å². The lowest BCUT2D eigenvalue weighted by Crippen LogP contribution is -2.45. The van der Waals surface area contributed by atoms with Gasteiger partial charge in [0.15, 0.2) is 5.75 Å². The van der Waals surface area contributed by atoms with E-state index in [0.29, 0.717) is 12.1 Å². The second kappa shape index (κ2) is 5.12. The van der Waals surface area contributed by atoms with E-state index < -0.39 is 0 Å². The summed E-state index contributed by atoms with van der Waals surface area (Å²) in [6.07, 6.45) is 6.76. The van der Waals surface area contributed by atoms with Gasteiger partial charge in [-0.3, -0.25) is 0 Å². The van der Waals surface area contributed by atoms with Gasteiger partial charge < -0.3 is 10.1 Å². The molecule has 18 heavy (non-hydrogen) atoms. The SMILES string of the molecule is CCCC1CCC2Oc3c(Br)cccc3NC2C1. The second-order valence-corrected chi connectivity index (χ2v) is 6.35. The van der Waals surface area contributed by atoms with E-state index in [1.807, 2.05) is 6.07 Å². The summed E-state index contributed by atoms with van der Waals surface area (Å²) in [5.74, 6) is 1.87. The summed E-state index contributed by atoms with van der Waals surface area (Å²) >= 11 is 3.57. The summed E-state index contributed by atoms with van der Waals surface area (Å²) in [7, 11) is 0. The van der Waals surface area contributed by atoms with Crippen molar-refractivity contribution in [3.63, 3.8) is 0 Å². The molecule has 1 heterocycles. The number of anilines is 1. The van der Waals surface area contributed by atoms with Crippen molar-refractivity contribution in [1.29, 1.82) is 0 Å². The van der Waals surface area contributed by atoms with Crippen LogP contribution in [0, 0.1) is 5.92 Å². The molecule has 2 nitrogen and oxygen atoms in total. The molecule has 0 spiro atoms. The number of halogens is 1. The van der Waals surface area contributed by atoms with Crippen molar-refractivity contribution < 1.29 is 4.74 Å². The molecule has 1 aromatic rings. The number of rotatable bonds is 2. The van der Waals surface area contributed by atoms with Crippen LogP contribution in [0.2, 0.25) is 0 Å². The first-order valence-electron chi connectivity index (χ1n) is 6.99. The van der Waals surface area contributed by atoms with Crippen LogP contribution in [0.25, 0.3) is 0 Å². The van der Waals surface area contributed by atoms with Crippen LogP contribution in [-0.2, 0) is 0 Å². The first kappa shape index (κ1) is 12.3. The molecule has 98 valence electrons. The number of fused-ring (bicyclic) bond motifs is 2. The summed E-state index contributed by atoms with van der Waals surface area (Å²) < 4.78 is 7.24. The first-order valence-corrected chi connectivity index (χ1v) is 7.79. The molecule has 1 aliphatic carbocycles. The van der Waals surface area contributed by atoms with Gasteiger partial charge in [-0.2, -0.15) is 0 Å². The predicted molar refractivity (Wildman–Crippen MR) is 78.2 cm³/mol. The molecule has 1 fully saturated rings. The van der Waals surface area contributed by atoms with Crippen molar-refractivity contribution in [2.75, 3.05) is 5.32 Å². The zero-order valence-corrected chi connectivity index (χ0v) is 12.4. The Bertz CT molecular complexity index is 435. The normalized spacial score (nSPS) is 29.8. The van der Waals surface area contributed by atoms with Crippen molar-refractivity contribution >= 4 is 21.6 Å². The molecular formula is C15H20BrNO. The standard InChI is InChI=1S/C15H20BrNO/c1-2-4-10-7-8-14-13(9-10)17-12-6-3-5-11(16)15(12)18-14/h3,5-6,10,13-14,17H,2,4,7-9H2,1H3. The van der Waals surface area contributed by atoms with Crippen molar-refractivity contribution in [2.45, 2.75) is 51.2 Å². The van der Waals surface area contributed by atoms with Crippen LogP contribution in [0.4, 0.5) is 5.69 Å². The molecule has 3 unspecified atom stereocenters. The van der Waals surface area contributed by atoms with Gasteiger partial charge in [0.1, 0.15) is 6.10 Å². The number of nitrogens with one attached hydrogen (secondary N) is 1. The topological polar surface area (TPSA) is 21.3 Å². The van der Waals surface area contributed by atoms with E-state index in [1.54, 1.807) is 0 Å². The van der Waals surface area contributed by atoms with Gasteiger partial charge in [0.25, 0.3) is 0 Å². The Balaban J connectivity index is 1.78. The molecule has 3 rings (SSSR count). The van der Waals surface area contributed by atoms with Gasteiger partial charge in [-0.25, -0.2) is 0 Å². The summed E-state index contributed by atoms with van der Waals surface area (Å²) in [4.78, 5) is 0. The van der Waals surface area contributed by atoms with Crippen LogP contribution in [0.5, 0.6) is 5.75 Å². The third kappa shape index (κ3) is 2.25. The molecule has 0 amide bonds. The van der Waals surface area contributed by atoms with Crippen molar-refractivity contribution in [3.05, 3.63) is 22.7 Å². The number of hydrogen-bond acceptors (Lipinski definition) is 2. The fourth-order valence-electron chi connectivity index (χ4n) is 3.29. The Morgan fingerprint density at radius 1 is 1.39 bits per heavy atom. The average molecular weight is 310 g/mol. The first-order chi connectivity index (χ1) is 8.78. The van der Waals surface area contributed by atoms with Crippen molar-refractivity contribution in [3.8, 4) is 5.75 Å². The van der Waals surface area contributed by atoms with E-state index in [9.17, 15) is 0 Å². The molecule has 1 aromatic carbocycles. The highest BCUT2D eigenvalue weighted by atomic mass is 79.9. The predicted octanol–water partition coefficient (Wildman–Crippen LogP) is 4.59. The summed E-state index contributed by atoms with van der Waals surface area (Å²) in [5, 5.41) is 3.67. The fourth-order valence-corrected chi connectivity index (χ4v) is 3.75. The van der Waals surface area contributed by atoms with E-state index >= 15 is 0 Å². The zero-order valence-electron chi connectivity index (χ0n) is 10.8. The van der Waals surface area contributed by atoms with Crippen LogP contribution < -0.4 is 10.1 Å². The Morgan fingerprint density at radius 2 is 2.28 bits per heavy atom. The van der Waals surface area contributed by atoms with Gasteiger partial charge in [-0.15, -0.1) is 0 Å². The summed E-state index contributed by atoms with van der Waals surface area (Å²) in [6, 6.07) is 6.71.